The van der Waals surface area contributed by atoms with E-state index in [4.69, 9.17) is 4.74 Å². The first-order valence-corrected chi connectivity index (χ1v) is 7.39. The summed E-state index contributed by atoms with van der Waals surface area (Å²) in [5.74, 6) is 0. The summed E-state index contributed by atoms with van der Waals surface area (Å²) in [4.78, 5) is 4.76. The van der Waals surface area contributed by atoms with Gasteiger partial charge in [0.25, 0.3) is 0 Å². The van der Waals surface area contributed by atoms with Gasteiger partial charge in [-0.05, 0) is 35.2 Å². The van der Waals surface area contributed by atoms with Gasteiger partial charge in [0.15, 0.2) is 0 Å². The molecule has 1 aliphatic rings. The normalized spacial score (nSPS) is 15.3. The molecule has 1 unspecified atom stereocenters. The van der Waals surface area contributed by atoms with E-state index < -0.39 is 0 Å². The van der Waals surface area contributed by atoms with E-state index in [9.17, 15) is 0 Å². The van der Waals surface area contributed by atoms with Crippen molar-refractivity contribution in [3.8, 4) is 0 Å². The molecule has 1 atom stereocenters. The van der Waals surface area contributed by atoms with Crippen LogP contribution < -0.4 is 0 Å². The lowest BCUT2D eigenvalue weighted by Crippen LogP contribution is -2.00. The fraction of sp³-hybridized carbons (Fsp3) is 0.312. The van der Waals surface area contributed by atoms with Crippen LogP contribution in [0.2, 0.25) is 0 Å². The van der Waals surface area contributed by atoms with Crippen LogP contribution in [0.5, 0.6) is 0 Å². The van der Waals surface area contributed by atoms with Gasteiger partial charge in [-0.3, -0.25) is 4.98 Å². The Morgan fingerprint density at radius 2 is 2.11 bits per heavy atom. The Balaban J connectivity index is 1.81. The van der Waals surface area contributed by atoms with Crippen molar-refractivity contribution in [3.05, 3.63) is 64.5 Å². The summed E-state index contributed by atoms with van der Waals surface area (Å²) in [6.07, 6.45) is 2.77. The maximum absolute atomic E-state index is 5.46. The zero-order chi connectivity index (χ0) is 13.2. The molecule has 0 saturated heterocycles. The topological polar surface area (TPSA) is 22.1 Å². The Morgan fingerprint density at radius 1 is 1.26 bits per heavy atom. The van der Waals surface area contributed by atoms with E-state index in [0.717, 1.165) is 25.3 Å². The summed E-state index contributed by atoms with van der Waals surface area (Å²) < 4.78 is 5.46. The molecule has 0 bridgehead atoms. The van der Waals surface area contributed by atoms with Crippen LogP contribution in [-0.2, 0) is 24.4 Å². The van der Waals surface area contributed by atoms with Gasteiger partial charge in [-0.25, -0.2) is 0 Å². The molecule has 1 aromatic carbocycles. The molecule has 0 saturated carbocycles. The van der Waals surface area contributed by atoms with Crippen LogP contribution in [0.15, 0.2) is 36.5 Å². The van der Waals surface area contributed by atoms with Gasteiger partial charge >= 0.3 is 0 Å². The highest BCUT2D eigenvalue weighted by atomic mass is 79.9. The van der Waals surface area contributed by atoms with Crippen LogP contribution in [0, 0.1) is 6.92 Å². The second-order valence-electron chi connectivity index (χ2n) is 4.96. The summed E-state index contributed by atoms with van der Waals surface area (Å²) in [5, 5.41) is 0. The van der Waals surface area contributed by atoms with Crippen LogP contribution >= 0.6 is 15.9 Å². The van der Waals surface area contributed by atoms with Crippen molar-refractivity contribution in [1.29, 1.82) is 0 Å². The number of pyridine rings is 1. The summed E-state index contributed by atoms with van der Waals surface area (Å²) in [6, 6.07) is 10.7. The Hall–Kier alpha value is -1.19. The third kappa shape index (κ3) is 2.72. The van der Waals surface area contributed by atoms with E-state index in [2.05, 4.69) is 52.1 Å². The number of aryl methyl sites for hydroxylation is 1. The summed E-state index contributed by atoms with van der Waals surface area (Å²) in [6.45, 7) is 3.60. The molecule has 0 fully saturated rings. The lowest BCUT2D eigenvalue weighted by atomic mass is 10.0. The molecule has 19 heavy (non-hydrogen) atoms. The average molecular weight is 318 g/mol. The largest absolute Gasteiger partial charge is 0.372 e. The molecule has 1 aliphatic heterocycles. The molecule has 2 nitrogen and oxygen atoms in total. The van der Waals surface area contributed by atoms with E-state index in [0.29, 0.717) is 4.83 Å². The van der Waals surface area contributed by atoms with E-state index in [1.165, 1.54) is 22.3 Å². The minimum atomic E-state index is 0.298. The molecule has 98 valence electrons. The number of hydrogen-bond donors (Lipinski definition) is 0. The lowest BCUT2D eigenvalue weighted by molar-refractivity contribution is 0.134. The van der Waals surface area contributed by atoms with Gasteiger partial charge < -0.3 is 4.74 Å². The molecule has 3 heteroatoms. The number of halogens is 1. The molecule has 0 N–H and O–H groups in total. The Labute approximate surface area is 122 Å². The van der Waals surface area contributed by atoms with Crippen molar-refractivity contribution in [3.63, 3.8) is 0 Å². The molecule has 2 heterocycles. The third-order valence-corrected chi connectivity index (χ3v) is 4.45. The molecule has 1 aromatic heterocycles. The van der Waals surface area contributed by atoms with Crippen molar-refractivity contribution >= 4 is 15.9 Å². The molecule has 0 radical (unpaired) electrons. The third-order valence-electron chi connectivity index (χ3n) is 3.60. The summed E-state index contributed by atoms with van der Waals surface area (Å²) in [5.41, 5.74) is 6.34. The van der Waals surface area contributed by atoms with Gasteiger partial charge in [0.05, 0.1) is 13.2 Å². The van der Waals surface area contributed by atoms with Gasteiger partial charge in [0, 0.05) is 23.1 Å². The Morgan fingerprint density at radius 3 is 2.95 bits per heavy atom. The molecular weight excluding hydrogens is 302 g/mol. The molecule has 0 amide bonds. The predicted molar refractivity (Wildman–Crippen MR) is 79.3 cm³/mol. The number of ether oxygens (including phenoxy) is 1. The van der Waals surface area contributed by atoms with E-state index >= 15 is 0 Å². The zero-order valence-corrected chi connectivity index (χ0v) is 12.5. The van der Waals surface area contributed by atoms with Crippen LogP contribution in [0.3, 0.4) is 0 Å². The highest BCUT2D eigenvalue weighted by Crippen LogP contribution is 2.30. The maximum atomic E-state index is 5.46. The minimum Gasteiger partial charge on any atom is -0.372 e. The second-order valence-corrected chi connectivity index (χ2v) is 6.06. The first kappa shape index (κ1) is 12.8. The molecule has 3 rings (SSSR count). The standard InChI is InChI=1S/C16H16BrNO/c1-11-3-2-6-18-16(11)8-15(17)12-4-5-13-9-19-10-14(13)7-12/h2-7,15H,8-10H2,1H3. The van der Waals surface area contributed by atoms with Gasteiger partial charge in [-0.2, -0.15) is 0 Å². The van der Waals surface area contributed by atoms with Crippen molar-refractivity contribution in [2.75, 3.05) is 0 Å². The average Bonchev–Trinajstić information content (AvgIpc) is 2.88. The van der Waals surface area contributed by atoms with Crippen LogP contribution in [-0.4, -0.2) is 4.98 Å². The monoisotopic (exact) mass is 317 g/mol. The second kappa shape index (κ2) is 5.43. The fourth-order valence-electron chi connectivity index (χ4n) is 2.41. The zero-order valence-electron chi connectivity index (χ0n) is 10.9. The SMILES string of the molecule is Cc1cccnc1CC(Br)c1ccc2c(c1)COC2. The quantitative estimate of drug-likeness (QED) is 0.795. The van der Waals surface area contributed by atoms with Crippen molar-refractivity contribution in [2.45, 2.75) is 31.4 Å². The number of benzene rings is 1. The lowest BCUT2D eigenvalue weighted by Gasteiger charge is -2.12. The van der Waals surface area contributed by atoms with Crippen LogP contribution in [0.1, 0.15) is 32.8 Å². The fourth-order valence-corrected chi connectivity index (χ4v) is 3.00. The van der Waals surface area contributed by atoms with E-state index in [1.807, 2.05) is 12.3 Å². The highest BCUT2D eigenvalue weighted by molar-refractivity contribution is 9.09. The number of aromatic nitrogens is 1. The van der Waals surface area contributed by atoms with Gasteiger partial charge in [0.2, 0.25) is 0 Å². The molecule has 2 aromatic rings. The predicted octanol–water partition coefficient (Wildman–Crippen LogP) is 4.10. The first-order chi connectivity index (χ1) is 9.24. The smallest absolute Gasteiger partial charge is 0.0725 e. The highest BCUT2D eigenvalue weighted by Gasteiger charge is 2.16. The van der Waals surface area contributed by atoms with Crippen LogP contribution in [0.4, 0.5) is 0 Å². The molecular formula is C16H16BrNO. The van der Waals surface area contributed by atoms with Crippen molar-refractivity contribution in [1.82, 2.24) is 4.98 Å². The number of rotatable bonds is 3. The number of fused-ring (bicyclic) bond motifs is 1. The summed E-state index contributed by atoms with van der Waals surface area (Å²) in [7, 11) is 0. The number of alkyl halides is 1. The Kier molecular flexibility index (Phi) is 3.67. The van der Waals surface area contributed by atoms with Gasteiger partial charge in [-0.1, -0.05) is 40.2 Å². The molecule has 0 aliphatic carbocycles. The first-order valence-electron chi connectivity index (χ1n) is 6.48. The van der Waals surface area contributed by atoms with E-state index in [1.54, 1.807) is 0 Å². The number of nitrogens with zero attached hydrogens (tertiary/aromatic N) is 1. The van der Waals surface area contributed by atoms with Crippen LogP contribution in [0.25, 0.3) is 0 Å². The van der Waals surface area contributed by atoms with Crippen molar-refractivity contribution in [2.24, 2.45) is 0 Å². The summed E-state index contributed by atoms with van der Waals surface area (Å²) >= 11 is 3.78. The van der Waals surface area contributed by atoms with Gasteiger partial charge in [-0.15, -0.1) is 0 Å². The van der Waals surface area contributed by atoms with Gasteiger partial charge in [0.1, 0.15) is 0 Å². The number of hydrogen-bond acceptors (Lipinski definition) is 2. The maximum Gasteiger partial charge on any atom is 0.0725 e. The minimum absolute atomic E-state index is 0.298. The Bertz CT molecular complexity index is 597. The molecule has 0 spiro atoms. The van der Waals surface area contributed by atoms with Crippen molar-refractivity contribution < 1.29 is 4.74 Å². The van der Waals surface area contributed by atoms with E-state index in [-0.39, 0.29) is 0 Å².